The monoisotopic (exact) mass is 349 g/mol. The van der Waals surface area contributed by atoms with Crippen LogP contribution in [0.4, 0.5) is 0 Å². The van der Waals surface area contributed by atoms with Crippen molar-refractivity contribution in [2.24, 2.45) is 11.7 Å². The fourth-order valence-corrected chi connectivity index (χ4v) is 2.80. The Balaban J connectivity index is 2.38. The summed E-state index contributed by atoms with van der Waals surface area (Å²) >= 11 is 0. The first-order valence-electron chi connectivity index (χ1n) is 9.11. The Hall–Kier alpha value is -2.04. The number of carbonyl (C=O) groups excluding carboxylic acids is 1. The number of carboxylic acids is 1. The summed E-state index contributed by atoms with van der Waals surface area (Å²) in [4.78, 5) is 22.1. The van der Waals surface area contributed by atoms with Crippen molar-refractivity contribution in [3.63, 3.8) is 0 Å². The van der Waals surface area contributed by atoms with Crippen LogP contribution in [0.15, 0.2) is 24.3 Å². The number of hydrogen-bond donors (Lipinski definition) is 2. The summed E-state index contributed by atoms with van der Waals surface area (Å²) in [5.41, 5.74) is 6.01. The molecule has 0 bridgehead atoms. The van der Waals surface area contributed by atoms with Gasteiger partial charge in [0, 0.05) is 12.3 Å². The molecule has 0 spiro atoms. The summed E-state index contributed by atoms with van der Waals surface area (Å²) < 4.78 is 5.72. The summed E-state index contributed by atoms with van der Waals surface area (Å²) in [6.07, 6.45) is 5.92. The lowest BCUT2D eigenvalue weighted by molar-refractivity contribution is -0.137. The predicted molar refractivity (Wildman–Crippen MR) is 98.7 cm³/mol. The topological polar surface area (TPSA) is 89.6 Å². The van der Waals surface area contributed by atoms with E-state index in [-0.39, 0.29) is 12.8 Å². The lowest BCUT2D eigenvalue weighted by Gasteiger charge is -2.14. The van der Waals surface area contributed by atoms with E-state index in [1.54, 1.807) is 0 Å². The van der Waals surface area contributed by atoms with Crippen LogP contribution in [0.2, 0.25) is 0 Å². The maximum Gasteiger partial charge on any atom is 0.303 e. The summed E-state index contributed by atoms with van der Waals surface area (Å²) in [5.74, 6) is -0.300. The maximum absolute atomic E-state index is 11.1. The molecule has 1 atom stereocenters. The van der Waals surface area contributed by atoms with E-state index in [0.29, 0.717) is 6.61 Å². The first kappa shape index (κ1) is 21.0. The summed E-state index contributed by atoms with van der Waals surface area (Å²) in [6, 6.07) is 7.27. The van der Waals surface area contributed by atoms with E-state index < -0.39 is 17.8 Å². The van der Waals surface area contributed by atoms with Crippen molar-refractivity contribution < 1.29 is 19.4 Å². The molecule has 0 aliphatic heterocycles. The van der Waals surface area contributed by atoms with Gasteiger partial charge in [-0.3, -0.25) is 9.59 Å². The highest BCUT2D eigenvalue weighted by molar-refractivity contribution is 5.76. The number of primary amides is 1. The Morgan fingerprint density at radius 1 is 1.04 bits per heavy atom. The first-order chi connectivity index (χ1) is 11.9. The van der Waals surface area contributed by atoms with E-state index >= 15 is 0 Å². The number of carboxylic acid groups (broad SMARTS) is 1. The number of rotatable bonds is 13. The van der Waals surface area contributed by atoms with Gasteiger partial charge in [0.1, 0.15) is 5.75 Å². The molecule has 5 nitrogen and oxygen atoms in total. The molecule has 140 valence electrons. The number of carbonyl (C=O) groups is 2. The van der Waals surface area contributed by atoms with Crippen molar-refractivity contribution in [3.05, 3.63) is 29.8 Å². The molecule has 25 heavy (non-hydrogen) atoms. The van der Waals surface area contributed by atoms with Crippen LogP contribution >= 0.6 is 0 Å². The van der Waals surface area contributed by atoms with Crippen molar-refractivity contribution in [1.82, 2.24) is 0 Å². The first-order valence-corrected chi connectivity index (χ1v) is 9.11. The van der Waals surface area contributed by atoms with Crippen molar-refractivity contribution in [2.75, 3.05) is 6.61 Å². The van der Waals surface area contributed by atoms with Gasteiger partial charge in [-0.25, -0.2) is 0 Å². The molecule has 1 unspecified atom stereocenters. The molecule has 0 aliphatic carbocycles. The fraction of sp³-hybridized carbons (Fsp3) is 0.600. The molecule has 0 aliphatic rings. The average molecular weight is 349 g/mol. The molecule has 0 fully saturated rings. The van der Waals surface area contributed by atoms with Gasteiger partial charge in [0.15, 0.2) is 0 Å². The van der Waals surface area contributed by atoms with Gasteiger partial charge in [-0.2, -0.15) is 0 Å². The quantitative estimate of drug-likeness (QED) is 0.525. The van der Waals surface area contributed by atoms with Crippen molar-refractivity contribution >= 4 is 11.9 Å². The minimum Gasteiger partial charge on any atom is -0.494 e. The highest BCUT2D eigenvalue weighted by Crippen LogP contribution is 2.25. The van der Waals surface area contributed by atoms with Crippen molar-refractivity contribution in [1.29, 1.82) is 0 Å². The molecule has 0 aromatic heterocycles. The molecule has 0 radical (unpaired) electrons. The Bertz CT molecular complexity index is 509. The van der Waals surface area contributed by atoms with E-state index in [0.717, 1.165) is 23.7 Å². The van der Waals surface area contributed by atoms with Crippen molar-refractivity contribution in [3.8, 4) is 5.75 Å². The third-order valence-corrected chi connectivity index (χ3v) is 4.16. The molecule has 1 aromatic rings. The van der Waals surface area contributed by atoms with Crippen LogP contribution < -0.4 is 10.5 Å². The number of benzene rings is 1. The smallest absolute Gasteiger partial charge is 0.303 e. The third-order valence-electron chi connectivity index (χ3n) is 4.16. The van der Waals surface area contributed by atoms with Gasteiger partial charge in [-0.05, 0) is 30.0 Å². The largest absolute Gasteiger partial charge is 0.494 e. The Morgan fingerprint density at radius 2 is 1.68 bits per heavy atom. The van der Waals surface area contributed by atoms with Crippen molar-refractivity contribution in [2.45, 2.75) is 64.7 Å². The Kier molecular flexibility index (Phi) is 9.66. The Morgan fingerprint density at radius 3 is 2.24 bits per heavy atom. The Labute approximate surface area is 150 Å². The molecule has 1 aromatic carbocycles. The van der Waals surface area contributed by atoms with E-state index in [9.17, 15) is 9.59 Å². The van der Waals surface area contributed by atoms with Gasteiger partial charge in [0.2, 0.25) is 5.91 Å². The van der Waals surface area contributed by atoms with E-state index in [1.807, 2.05) is 24.3 Å². The molecule has 1 rings (SSSR count). The van der Waals surface area contributed by atoms with Gasteiger partial charge < -0.3 is 15.6 Å². The highest BCUT2D eigenvalue weighted by Gasteiger charge is 2.18. The average Bonchev–Trinajstić information content (AvgIpc) is 2.53. The zero-order valence-electron chi connectivity index (χ0n) is 15.4. The van der Waals surface area contributed by atoms with E-state index in [4.69, 9.17) is 15.6 Å². The lowest BCUT2D eigenvalue weighted by Crippen LogP contribution is -2.17. The van der Waals surface area contributed by atoms with Gasteiger partial charge in [-0.15, -0.1) is 0 Å². The number of unbranched alkanes of at least 4 members (excludes halogenated alkanes) is 3. The van der Waals surface area contributed by atoms with Crippen LogP contribution in [0.1, 0.15) is 70.3 Å². The number of ether oxygens (including phenoxy) is 1. The molecule has 0 saturated carbocycles. The zero-order valence-corrected chi connectivity index (χ0v) is 15.4. The van der Waals surface area contributed by atoms with Crippen LogP contribution in [-0.4, -0.2) is 23.6 Å². The lowest BCUT2D eigenvalue weighted by atomic mass is 9.92. The van der Waals surface area contributed by atoms with Gasteiger partial charge in [0.05, 0.1) is 13.0 Å². The third kappa shape index (κ3) is 9.75. The van der Waals surface area contributed by atoms with E-state index in [1.165, 1.54) is 25.7 Å². The number of aliphatic carboxylic acids is 1. The fourth-order valence-electron chi connectivity index (χ4n) is 2.80. The SMILES string of the molecule is CC(C)CCCCCCOc1ccc(C(CC(N)=O)CC(=O)O)cc1. The molecular formula is C20H31NO4. The second kappa shape index (κ2) is 11.5. The van der Waals surface area contributed by atoms with Gasteiger partial charge >= 0.3 is 5.97 Å². The maximum atomic E-state index is 11.1. The standard InChI is InChI=1S/C20H31NO4/c1-15(2)7-5-3-4-6-12-25-18-10-8-16(9-11-18)17(13-19(21)22)14-20(23)24/h8-11,15,17H,3-7,12-14H2,1-2H3,(H2,21,22)(H,23,24). The summed E-state index contributed by atoms with van der Waals surface area (Å²) in [5, 5.41) is 8.97. The van der Waals surface area contributed by atoms with Gasteiger partial charge in [-0.1, -0.05) is 51.7 Å². The summed E-state index contributed by atoms with van der Waals surface area (Å²) in [7, 11) is 0. The number of nitrogens with two attached hydrogens (primary N) is 1. The molecule has 0 saturated heterocycles. The second-order valence-corrected chi connectivity index (χ2v) is 6.98. The normalized spacial score (nSPS) is 12.1. The van der Waals surface area contributed by atoms with Crippen LogP contribution in [0.3, 0.4) is 0 Å². The van der Waals surface area contributed by atoms with Crippen LogP contribution in [0, 0.1) is 5.92 Å². The predicted octanol–water partition coefficient (Wildman–Crippen LogP) is 4.11. The molecule has 0 heterocycles. The molecular weight excluding hydrogens is 318 g/mol. The van der Waals surface area contributed by atoms with E-state index in [2.05, 4.69) is 13.8 Å². The number of hydrogen-bond acceptors (Lipinski definition) is 3. The van der Waals surface area contributed by atoms with Crippen LogP contribution in [-0.2, 0) is 9.59 Å². The number of amides is 1. The molecule has 5 heteroatoms. The molecule has 1 amide bonds. The minimum absolute atomic E-state index is 0.0306. The second-order valence-electron chi connectivity index (χ2n) is 6.98. The molecule has 3 N–H and O–H groups in total. The summed E-state index contributed by atoms with van der Waals surface area (Å²) in [6.45, 7) is 5.18. The van der Waals surface area contributed by atoms with Gasteiger partial charge in [0.25, 0.3) is 0 Å². The zero-order chi connectivity index (χ0) is 18.7. The minimum atomic E-state index is -0.941. The highest BCUT2D eigenvalue weighted by atomic mass is 16.5. The van der Waals surface area contributed by atoms with Crippen LogP contribution in [0.5, 0.6) is 5.75 Å². The van der Waals surface area contributed by atoms with Crippen LogP contribution in [0.25, 0.3) is 0 Å².